The fourth-order valence-corrected chi connectivity index (χ4v) is 2.18. The van der Waals surface area contributed by atoms with Gasteiger partial charge in [0.1, 0.15) is 0 Å². The minimum absolute atomic E-state index is 0.0285. The van der Waals surface area contributed by atoms with Crippen molar-refractivity contribution in [2.45, 2.75) is 38.5 Å². The van der Waals surface area contributed by atoms with Crippen molar-refractivity contribution in [3.8, 4) is 0 Å². The Hall–Kier alpha value is -1.02. The summed E-state index contributed by atoms with van der Waals surface area (Å²) in [4.78, 5) is 12.1. The second-order valence-electron chi connectivity index (χ2n) is 4.41. The average molecular weight is 268 g/mol. The standard InChI is InChI=1S/C15H22ClNO/c1-2-14(13-9-5-3-6-10-13)15(18)17-12-8-4-7-11-16/h3,5-6,9-10,14H,2,4,7-8,11-12H2,1H3,(H,17,18). The van der Waals surface area contributed by atoms with E-state index < -0.39 is 0 Å². The molecular weight excluding hydrogens is 246 g/mol. The molecule has 0 saturated heterocycles. The molecule has 0 aliphatic heterocycles. The Balaban J connectivity index is 2.39. The summed E-state index contributed by atoms with van der Waals surface area (Å²) in [6, 6.07) is 9.96. The van der Waals surface area contributed by atoms with Gasteiger partial charge in [0.25, 0.3) is 0 Å². The number of amides is 1. The van der Waals surface area contributed by atoms with E-state index in [1.54, 1.807) is 0 Å². The van der Waals surface area contributed by atoms with Crippen molar-refractivity contribution in [2.75, 3.05) is 12.4 Å². The summed E-state index contributed by atoms with van der Waals surface area (Å²) < 4.78 is 0. The molecule has 0 bridgehead atoms. The van der Waals surface area contributed by atoms with Crippen molar-refractivity contribution < 1.29 is 4.79 Å². The number of nitrogens with one attached hydrogen (secondary N) is 1. The van der Waals surface area contributed by atoms with Gasteiger partial charge in [-0.2, -0.15) is 0 Å². The van der Waals surface area contributed by atoms with E-state index in [0.717, 1.165) is 37.8 Å². The predicted octanol–water partition coefficient (Wildman–Crippen LogP) is 3.71. The Morgan fingerprint density at radius 3 is 2.56 bits per heavy atom. The number of carbonyl (C=O) groups excluding carboxylic acids is 1. The highest BCUT2D eigenvalue weighted by Gasteiger charge is 2.17. The second kappa shape index (κ2) is 8.98. The van der Waals surface area contributed by atoms with E-state index in [0.29, 0.717) is 5.88 Å². The van der Waals surface area contributed by atoms with Crippen LogP contribution in [0.15, 0.2) is 30.3 Å². The van der Waals surface area contributed by atoms with Crippen LogP contribution in [0.1, 0.15) is 44.1 Å². The van der Waals surface area contributed by atoms with E-state index in [9.17, 15) is 4.79 Å². The first-order chi connectivity index (χ1) is 8.79. The van der Waals surface area contributed by atoms with Gasteiger partial charge < -0.3 is 5.32 Å². The Kier molecular flexibility index (Phi) is 7.51. The van der Waals surface area contributed by atoms with Crippen LogP contribution in [0, 0.1) is 0 Å². The first-order valence-corrected chi connectivity index (χ1v) is 7.21. The SMILES string of the molecule is CCC(C(=O)NCCCCCCl)c1ccccc1. The third kappa shape index (κ3) is 5.09. The highest BCUT2D eigenvalue weighted by molar-refractivity contribution is 6.17. The van der Waals surface area contributed by atoms with Gasteiger partial charge in [0.05, 0.1) is 5.92 Å². The van der Waals surface area contributed by atoms with Crippen LogP contribution in [0.5, 0.6) is 0 Å². The number of halogens is 1. The summed E-state index contributed by atoms with van der Waals surface area (Å²) in [6.45, 7) is 2.80. The summed E-state index contributed by atoms with van der Waals surface area (Å²) in [6.07, 6.45) is 3.93. The monoisotopic (exact) mass is 267 g/mol. The van der Waals surface area contributed by atoms with Crippen molar-refractivity contribution in [2.24, 2.45) is 0 Å². The lowest BCUT2D eigenvalue weighted by atomic mass is 9.95. The van der Waals surface area contributed by atoms with Crippen molar-refractivity contribution in [1.82, 2.24) is 5.32 Å². The third-order valence-electron chi connectivity index (χ3n) is 3.04. The Labute approximate surface area is 115 Å². The van der Waals surface area contributed by atoms with Crippen LogP contribution in [0.4, 0.5) is 0 Å². The molecule has 1 rings (SSSR count). The van der Waals surface area contributed by atoms with Crippen LogP contribution in [0.3, 0.4) is 0 Å². The van der Waals surface area contributed by atoms with Gasteiger partial charge in [0.2, 0.25) is 5.91 Å². The van der Waals surface area contributed by atoms with Crippen molar-refractivity contribution >= 4 is 17.5 Å². The number of alkyl halides is 1. The lowest BCUT2D eigenvalue weighted by molar-refractivity contribution is -0.122. The molecule has 18 heavy (non-hydrogen) atoms. The van der Waals surface area contributed by atoms with Crippen molar-refractivity contribution in [3.05, 3.63) is 35.9 Å². The minimum atomic E-state index is -0.0285. The zero-order valence-electron chi connectivity index (χ0n) is 11.0. The van der Waals surface area contributed by atoms with E-state index >= 15 is 0 Å². The molecule has 0 spiro atoms. The van der Waals surface area contributed by atoms with Gasteiger partial charge in [-0.25, -0.2) is 0 Å². The fraction of sp³-hybridized carbons (Fsp3) is 0.533. The van der Waals surface area contributed by atoms with E-state index in [4.69, 9.17) is 11.6 Å². The van der Waals surface area contributed by atoms with E-state index in [-0.39, 0.29) is 11.8 Å². The van der Waals surface area contributed by atoms with E-state index in [1.165, 1.54) is 0 Å². The Bertz CT molecular complexity index is 340. The quantitative estimate of drug-likeness (QED) is 0.565. The van der Waals surface area contributed by atoms with Crippen LogP contribution in [0.25, 0.3) is 0 Å². The molecule has 3 heteroatoms. The van der Waals surface area contributed by atoms with Crippen LogP contribution in [0.2, 0.25) is 0 Å². The summed E-state index contributed by atoms with van der Waals surface area (Å²) in [5, 5.41) is 3.01. The average Bonchev–Trinajstić information content (AvgIpc) is 2.40. The van der Waals surface area contributed by atoms with Gasteiger partial charge in [0.15, 0.2) is 0 Å². The van der Waals surface area contributed by atoms with Gasteiger partial charge in [0, 0.05) is 12.4 Å². The number of unbranched alkanes of at least 4 members (excludes halogenated alkanes) is 2. The molecule has 0 fully saturated rings. The van der Waals surface area contributed by atoms with Gasteiger partial charge in [-0.05, 0) is 24.8 Å². The molecule has 1 atom stereocenters. The highest BCUT2D eigenvalue weighted by atomic mass is 35.5. The second-order valence-corrected chi connectivity index (χ2v) is 4.79. The molecule has 1 N–H and O–H groups in total. The van der Waals surface area contributed by atoms with Crippen LogP contribution < -0.4 is 5.32 Å². The predicted molar refractivity (Wildman–Crippen MR) is 77.1 cm³/mol. The molecule has 1 amide bonds. The molecule has 1 aromatic rings. The normalized spacial score (nSPS) is 12.1. The molecule has 0 aromatic heterocycles. The summed E-state index contributed by atoms with van der Waals surface area (Å²) in [5.74, 6) is 0.809. The maximum Gasteiger partial charge on any atom is 0.227 e. The van der Waals surface area contributed by atoms with Gasteiger partial charge in [-0.3, -0.25) is 4.79 Å². The topological polar surface area (TPSA) is 29.1 Å². The zero-order valence-corrected chi connectivity index (χ0v) is 11.7. The molecule has 1 unspecified atom stereocenters. The lowest BCUT2D eigenvalue weighted by Crippen LogP contribution is -2.29. The molecule has 0 aliphatic rings. The summed E-state index contributed by atoms with van der Waals surface area (Å²) in [7, 11) is 0. The Morgan fingerprint density at radius 2 is 1.94 bits per heavy atom. The lowest BCUT2D eigenvalue weighted by Gasteiger charge is -2.15. The number of carbonyl (C=O) groups is 1. The number of rotatable bonds is 8. The molecule has 0 radical (unpaired) electrons. The zero-order chi connectivity index (χ0) is 13.2. The third-order valence-corrected chi connectivity index (χ3v) is 3.30. The van der Waals surface area contributed by atoms with Gasteiger partial charge in [-0.15, -0.1) is 11.6 Å². The molecule has 2 nitrogen and oxygen atoms in total. The maximum atomic E-state index is 12.1. The first-order valence-electron chi connectivity index (χ1n) is 6.68. The van der Waals surface area contributed by atoms with Gasteiger partial charge >= 0.3 is 0 Å². The molecule has 0 saturated carbocycles. The smallest absolute Gasteiger partial charge is 0.227 e. The molecular formula is C15H22ClNO. The van der Waals surface area contributed by atoms with Crippen LogP contribution in [-0.2, 0) is 4.79 Å². The molecule has 1 aromatic carbocycles. The van der Waals surface area contributed by atoms with Crippen molar-refractivity contribution in [3.63, 3.8) is 0 Å². The maximum absolute atomic E-state index is 12.1. The molecule has 100 valence electrons. The summed E-state index contributed by atoms with van der Waals surface area (Å²) >= 11 is 5.61. The fourth-order valence-electron chi connectivity index (χ4n) is 1.99. The van der Waals surface area contributed by atoms with Gasteiger partial charge in [-0.1, -0.05) is 43.7 Å². The summed E-state index contributed by atoms with van der Waals surface area (Å²) in [5.41, 5.74) is 1.10. The van der Waals surface area contributed by atoms with E-state index in [1.807, 2.05) is 37.3 Å². The number of hydrogen-bond donors (Lipinski definition) is 1. The van der Waals surface area contributed by atoms with Crippen molar-refractivity contribution in [1.29, 1.82) is 0 Å². The largest absolute Gasteiger partial charge is 0.356 e. The minimum Gasteiger partial charge on any atom is -0.356 e. The van der Waals surface area contributed by atoms with Crippen LogP contribution >= 0.6 is 11.6 Å². The first kappa shape index (κ1) is 15.0. The number of benzene rings is 1. The molecule has 0 aliphatic carbocycles. The van der Waals surface area contributed by atoms with E-state index in [2.05, 4.69) is 5.32 Å². The Morgan fingerprint density at radius 1 is 1.22 bits per heavy atom. The number of hydrogen-bond acceptors (Lipinski definition) is 1. The van der Waals surface area contributed by atoms with Crippen LogP contribution in [-0.4, -0.2) is 18.3 Å². The molecule has 0 heterocycles. The highest BCUT2D eigenvalue weighted by Crippen LogP contribution is 2.19.